The summed E-state index contributed by atoms with van der Waals surface area (Å²) in [5.41, 5.74) is 0.892. The van der Waals surface area contributed by atoms with E-state index in [0.717, 1.165) is 12.0 Å². The number of carbonyl (C=O) groups excluding carboxylic acids is 2. The third kappa shape index (κ3) is 6.76. The number of amides is 2. The number of rotatable bonds is 8. The van der Waals surface area contributed by atoms with E-state index >= 15 is 0 Å². The van der Waals surface area contributed by atoms with E-state index in [1.165, 1.54) is 7.11 Å². The predicted octanol–water partition coefficient (Wildman–Crippen LogP) is 1.80. The number of hydrogen-bond donors (Lipinski definition) is 2. The summed E-state index contributed by atoms with van der Waals surface area (Å²) in [6, 6.07) is 8.74. The lowest BCUT2D eigenvalue weighted by atomic mass is 10.1. The van der Waals surface area contributed by atoms with Gasteiger partial charge in [0.25, 0.3) is 0 Å². The Morgan fingerprint density at radius 1 is 1.24 bits per heavy atom. The SMILES string of the molecule is CCCC(NC(=O)OCc1ccccc1)C(=O)NCOC. The summed E-state index contributed by atoms with van der Waals surface area (Å²) in [5.74, 6) is -0.282. The van der Waals surface area contributed by atoms with Crippen molar-refractivity contribution < 1.29 is 19.1 Å². The van der Waals surface area contributed by atoms with E-state index in [1.807, 2.05) is 37.3 Å². The van der Waals surface area contributed by atoms with Gasteiger partial charge in [-0.3, -0.25) is 4.79 Å². The van der Waals surface area contributed by atoms with Gasteiger partial charge in [-0.2, -0.15) is 0 Å². The van der Waals surface area contributed by atoms with Crippen LogP contribution < -0.4 is 10.6 Å². The maximum atomic E-state index is 11.8. The molecule has 1 atom stereocenters. The van der Waals surface area contributed by atoms with Gasteiger partial charge in [-0.15, -0.1) is 0 Å². The Labute approximate surface area is 124 Å². The smallest absolute Gasteiger partial charge is 0.408 e. The van der Waals surface area contributed by atoms with Crippen molar-refractivity contribution in [1.82, 2.24) is 10.6 Å². The van der Waals surface area contributed by atoms with Gasteiger partial charge in [0.1, 0.15) is 19.4 Å². The molecule has 0 radical (unpaired) electrons. The molecule has 1 unspecified atom stereocenters. The zero-order valence-corrected chi connectivity index (χ0v) is 12.4. The van der Waals surface area contributed by atoms with Crippen molar-refractivity contribution >= 4 is 12.0 Å². The first kappa shape index (κ1) is 17.0. The molecular formula is C15H22N2O4. The lowest BCUT2D eigenvalue weighted by molar-refractivity contribution is -0.124. The summed E-state index contributed by atoms with van der Waals surface area (Å²) < 4.78 is 9.87. The first-order chi connectivity index (χ1) is 10.2. The van der Waals surface area contributed by atoms with E-state index in [1.54, 1.807) is 0 Å². The minimum Gasteiger partial charge on any atom is -0.445 e. The topological polar surface area (TPSA) is 76.7 Å². The third-order valence-corrected chi connectivity index (χ3v) is 2.79. The fraction of sp³-hybridized carbons (Fsp3) is 0.467. The standard InChI is InChI=1S/C15H22N2O4/c1-3-7-13(14(18)16-11-20-2)17-15(19)21-10-12-8-5-4-6-9-12/h4-6,8-9,13H,3,7,10-11H2,1-2H3,(H,16,18)(H,17,19). The van der Waals surface area contributed by atoms with E-state index in [9.17, 15) is 9.59 Å². The van der Waals surface area contributed by atoms with Crippen LogP contribution in [0.3, 0.4) is 0 Å². The minimum atomic E-state index is -0.617. The second kappa shape index (κ2) is 9.77. The van der Waals surface area contributed by atoms with Crippen LogP contribution in [0.15, 0.2) is 30.3 Å². The van der Waals surface area contributed by atoms with Crippen molar-refractivity contribution in [3.8, 4) is 0 Å². The molecule has 0 aliphatic carbocycles. The first-order valence-electron chi connectivity index (χ1n) is 6.91. The lowest BCUT2D eigenvalue weighted by Crippen LogP contribution is -2.47. The first-order valence-corrected chi connectivity index (χ1v) is 6.91. The van der Waals surface area contributed by atoms with Crippen LogP contribution in [-0.2, 0) is 20.9 Å². The minimum absolute atomic E-state index is 0.111. The predicted molar refractivity (Wildman–Crippen MR) is 78.5 cm³/mol. The largest absolute Gasteiger partial charge is 0.445 e. The molecule has 0 bridgehead atoms. The summed E-state index contributed by atoms with van der Waals surface area (Å²) in [4.78, 5) is 23.6. The number of nitrogens with one attached hydrogen (secondary N) is 2. The number of hydrogen-bond acceptors (Lipinski definition) is 4. The molecule has 0 saturated carbocycles. The highest BCUT2D eigenvalue weighted by Crippen LogP contribution is 2.02. The quantitative estimate of drug-likeness (QED) is 0.717. The zero-order valence-electron chi connectivity index (χ0n) is 12.4. The van der Waals surface area contributed by atoms with E-state index < -0.39 is 12.1 Å². The van der Waals surface area contributed by atoms with E-state index in [4.69, 9.17) is 9.47 Å². The van der Waals surface area contributed by atoms with Crippen molar-refractivity contribution in [2.45, 2.75) is 32.4 Å². The normalized spacial score (nSPS) is 11.5. The fourth-order valence-electron chi connectivity index (χ4n) is 1.73. The zero-order chi connectivity index (χ0) is 15.5. The van der Waals surface area contributed by atoms with Gasteiger partial charge < -0.3 is 20.1 Å². The van der Waals surface area contributed by atoms with Gasteiger partial charge in [0.2, 0.25) is 5.91 Å². The molecule has 0 aromatic heterocycles. The highest BCUT2D eigenvalue weighted by Gasteiger charge is 2.20. The molecule has 1 aromatic rings. The van der Waals surface area contributed by atoms with E-state index in [0.29, 0.717) is 6.42 Å². The summed E-state index contributed by atoms with van der Waals surface area (Å²) >= 11 is 0. The molecular weight excluding hydrogens is 272 g/mol. The Kier molecular flexibility index (Phi) is 7.89. The highest BCUT2D eigenvalue weighted by atomic mass is 16.5. The molecule has 0 aliphatic heterocycles. The molecule has 1 aromatic carbocycles. The average Bonchev–Trinajstić information content (AvgIpc) is 2.51. The van der Waals surface area contributed by atoms with Crippen LogP contribution in [0, 0.1) is 0 Å². The Hall–Kier alpha value is -2.08. The maximum absolute atomic E-state index is 11.8. The monoisotopic (exact) mass is 294 g/mol. The van der Waals surface area contributed by atoms with E-state index in [-0.39, 0.29) is 19.2 Å². The molecule has 2 amide bonds. The van der Waals surface area contributed by atoms with Gasteiger partial charge >= 0.3 is 6.09 Å². The molecule has 0 saturated heterocycles. The molecule has 116 valence electrons. The second-order valence-electron chi connectivity index (χ2n) is 4.52. The molecule has 21 heavy (non-hydrogen) atoms. The Bertz CT molecular complexity index is 437. The van der Waals surface area contributed by atoms with Gasteiger partial charge in [0.15, 0.2) is 0 Å². The van der Waals surface area contributed by atoms with Gasteiger partial charge in [0.05, 0.1) is 0 Å². The second-order valence-corrected chi connectivity index (χ2v) is 4.52. The summed E-state index contributed by atoms with van der Waals surface area (Å²) in [7, 11) is 1.48. The number of methoxy groups -OCH3 is 1. The van der Waals surface area contributed by atoms with E-state index in [2.05, 4.69) is 10.6 Å². The number of carbonyl (C=O) groups is 2. The number of ether oxygens (including phenoxy) is 2. The molecule has 0 aliphatic rings. The Morgan fingerprint density at radius 2 is 1.95 bits per heavy atom. The highest BCUT2D eigenvalue weighted by molar-refractivity contribution is 5.85. The fourth-order valence-corrected chi connectivity index (χ4v) is 1.73. The Balaban J connectivity index is 2.42. The van der Waals surface area contributed by atoms with Crippen LogP contribution in [0.4, 0.5) is 4.79 Å². The summed E-state index contributed by atoms with van der Waals surface area (Å²) in [6.45, 7) is 2.22. The number of benzene rings is 1. The van der Waals surface area contributed by atoms with Crippen LogP contribution in [0.1, 0.15) is 25.3 Å². The molecule has 0 spiro atoms. The van der Waals surface area contributed by atoms with Crippen LogP contribution in [0.2, 0.25) is 0 Å². The molecule has 6 nitrogen and oxygen atoms in total. The maximum Gasteiger partial charge on any atom is 0.408 e. The van der Waals surface area contributed by atoms with Crippen molar-refractivity contribution in [3.63, 3.8) is 0 Å². The Morgan fingerprint density at radius 3 is 2.57 bits per heavy atom. The molecule has 0 heterocycles. The number of alkyl carbamates (subject to hydrolysis) is 1. The van der Waals surface area contributed by atoms with Crippen LogP contribution in [-0.4, -0.2) is 31.9 Å². The van der Waals surface area contributed by atoms with Crippen LogP contribution in [0.25, 0.3) is 0 Å². The van der Waals surface area contributed by atoms with Gasteiger partial charge in [-0.25, -0.2) is 4.79 Å². The summed E-state index contributed by atoms with van der Waals surface area (Å²) in [6.07, 6.45) is 0.699. The van der Waals surface area contributed by atoms with Crippen molar-refractivity contribution in [1.29, 1.82) is 0 Å². The van der Waals surface area contributed by atoms with Crippen molar-refractivity contribution in [2.75, 3.05) is 13.8 Å². The average molecular weight is 294 g/mol. The van der Waals surface area contributed by atoms with Crippen molar-refractivity contribution in [2.24, 2.45) is 0 Å². The molecule has 2 N–H and O–H groups in total. The molecule has 6 heteroatoms. The molecule has 0 fully saturated rings. The van der Waals surface area contributed by atoms with Crippen molar-refractivity contribution in [3.05, 3.63) is 35.9 Å². The lowest BCUT2D eigenvalue weighted by Gasteiger charge is -2.17. The summed E-state index contributed by atoms with van der Waals surface area (Å²) in [5, 5.41) is 5.13. The van der Waals surface area contributed by atoms with Gasteiger partial charge in [-0.05, 0) is 12.0 Å². The van der Waals surface area contributed by atoms with Gasteiger partial charge in [-0.1, -0.05) is 43.7 Å². The third-order valence-electron chi connectivity index (χ3n) is 2.79. The van der Waals surface area contributed by atoms with Crippen LogP contribution in [0.5, 0.6) is 0 Å². The molecule has 1 rings (SSSR count). The van der Waals surface area contributed by atoms with Crippen LogP contribution >= 0.6 is 0 Å². The van der Waals surface area contributed by atoms with Gasteiger partial charge in [0, 0.05) is 7.11 Å².